The average molecular weight is 379 g/mol. The van der Waals surface area contributed by atoms with Crippen molar-refractivity contribution in [3.63, 3.8) is 0 Å². The maximum atomic E-state index is 13.0. The summed E-state index contributed by atoms with van der Waals surface area (Å²) in [7, 11) is -4.81. The molecule has 0 unspecified atom stereocenters. The Morgan fingerprint density at radius 2 is 1.75 bits per heavy atom. The first kappa shape index (κ1) is 18.3. The number of rotatable bonds is 4. The fourth-order valence-corrected chi connectivity index (χ4v) is 3.27. The molecule has 0 aromatic heterocycles. The van der Waals surface area contributed by atoms with Gasteiger partial charge in [-0.3, -0.25) is 4.79 Å². The summed E-state index contributed by atoms with van der Waals surface area (Å²) in [5, 5.41) is 0.153. The van der Waals surface area contributed by atoms with Crippen LogP contribution >= 0.6 is 11.6 Å². The molecule has 0 aliphatic carbocycles. The first-order chi connectivity index (χ1) is 11.0. The zero-order valence-electron chi connectivity index (χ0n) is 12.1. The standard InChI is InChI=1S/C15H10ClF3O4S/c1-9(20)11-8-10(16)6-7-13(11)23-24(21,22)14-5-3-2-4-12(14)15(17,18)19/h2-8H,1H3. The number of Topliss-reactive ketones (excluding diaryl/α,β-unsaturated/α-hetero) is 1. The van der Waals surface area contributed by atoms with Gasteiger partial charge in [-0.1, -0.05) is 23.7 Å². The number of ketones is 1. The third-order valence-corrected chi connectivity index (χ3v) is 4.51. The van der Waals surface area contributed by atoms with Crippen molar-refractivity contribution >= 4 is 27.5 Å². The summed E-state index contributed by atoms with van der Waals surface area (Å²) < 4.78 is 68.2. The number of hydrogen-bond donors (Lipinski definition) is 0. The minimum Gasteiger partial charge on any atom is -0.378 e. The monoisotopic (exact) mass is 378 g/mol. The SMILES string of the molecule is CC(=O)c1cc(Cl)ccc1OS(=O)(=O)c1ccccc1C(F)(F)F. The van der Waals surface area contributed by atoms with E-state index in [9.17, 15) is 26.4 Å². The predicted octanol–water partition coefficient (Wildman–Crippen LogP) is 4.33. The Morgan fingerprint density at radius 3 is 2.33 bits per heavy atom. The molecule has 0 N–H and O–H groups in total. The molecule has 0 fully saturated rings. The van der Waals surface area contributed by atoms with Crippen molar-refractivity contribution in [3.8, 4) is 5.75 Å². The maximum absolute atomic E-state index is 13.0. The van der Waals surface area contributed by atoms with Crippen LogP contribution in [-0.2, 0) is 16.3 Å². The molecule has 0 radical (unpaired) electrons. The van der Waals surface area contributed by atoms with Crippen molar-refractivity contribution in [2.45, 2.75) is 18.0 Å². The Kier molecular flexibility index (Phi) is 4.91. The van der Waals surface area contributed by atoms with Gasteiger partial charge in [-0.15, -0.1) is 0 Å². The minimum atomic E-state index is -4.88. The van der Waals surface area contributed by atoms with Gasteiger partial charge in [0.15, 0.2) is 11.5 Å². The molecule has 9 heteroatoms. The minimum absolute atomic E-state index is 0.153. The smallest absolute Gasteiger partial charge is 0.378 e. The summed E-state index contributed by atoms with van der Waals surface area (Å²) in [5.41, 5.74) is -1.51. The topological polar surface area (TPSA) is 60.4 Å². The second-order valence-electron chi connectivity index (χ2n) is 4.73. The largest absolute Gasteiger partial charge is 0.417 e. The lowest BCUT2D eigenvalue weighted by Gasteiger charge is -2.14. The van der Waals surface area contributed by atoms with E-state index in [0.29, 0.717) is 6.07 Å². The second kappa shape index (κ2) is 6.45. The van der Waals surface area contributed by atoms with Crippen molar-refractivity contribution in [2.24, 2.45) is 0 Å². The third-order valence-electron chi connectivity index (χ3n) is 2.98. The molecule has 2 rings (SSSR count). The molecular weight excluding hydrogens is 369 g/mol. The van der Waals surface area contributed by atoms with Crippen LogP contribution in [0.3, 0.4) is 0 Å². The summed E-state index contributed by atoms with van der Waals surface area (Å²) in [6, 6.07) is 7.14. The molecular formula is C15H10ClF3O4S. The molecule has 0 bridgehead atoms. The van der Waals surface area contributed by atoms with E-state index in [1.807, 2.05) is 0 Å². The molecule has 0 saturated heterocycles. The highest BCUT2D eigenvalue weighted by Gasteiger charge is 2.37. The van der Waals surface area contributed by atoms with Gasteiger partial charge in [0.1, 0.15) is 4.90 Å². The van der Waals surface area contributed by atoms with Crippen LogP contribution < -0.4 is 4.18 Å². The van der Waals surface area contributed by atoms with Crippen molar-refractivity contribution < 1.29 is 30.6 Å². The summed E-state index contributed by atoms with van der Waals surface area (Å²) in [4.78, 5) is 10.5. The summed E-state index contributed by atoms with van der Waals surface area (Å²) in [6.07, 6.45) is -4.88. The van der Waals surface area contributed by atoms with Crippen LogP contribution in [0.4, 0.5) is 13.2 Å². The number of carbonyl (C=O) groups is 1. The number of alkyl halides is 3. The van der Waals surface area contributed by atoms with Crippen LogP contribution in [0, 0.1) is 0 Å². The van der Waals surface area contributed by atoms with Crippen LogP contribution in [0.25, 0.3) is 0 Å². The highest BCUT2D eigenvalue weighted by molar-refractivity contribution is 7.87. The Bertz CT molecular complexity index is 892. The summed E-state index contributed by atoms with van der Waals surface area (Å²) >= 11 is 5.73. The molecule has 24 heavy (non-hydrogen) atoms. The molecule has 128 valence electrons. The van der Waals surface area contributed by atoms with Crippen molar-refractivity contribution in [1.82, 2.24) is 0 Å². The van der Waals surface area contributed by atoms with Gasteiger partial charge in [-0.2, -0.15) is 21.6 Å². The van der Waals surface area contributed by atoms with Gasteiger partial charge in [-0.05, 0) is 37.3 Å². The van der Waals surface area contributed by atoms with Crippen LogP contribution in [0.5, 0.6) is 5.75 Å². The molecule has 0 amide bonds. The maximum Gasteiger partial charge on any atom is 0.417 e. The van der Waals surface area contributed by atoms with E-state index >= 15 is 0 Å². The van der Waals surface area contributed by atoms with E-state index in [1.54, 1.807) is 0 Å². The van der Waals surface area contributed by atoms with Gasteiger partial charge in [-0.25, -0.2) is 0 Å². The van der Waals surface area contributed by atoms with Gasteiger partial charge in [0, 0.05) is 5.02 Å². The highest BCUT2D eigenvalue weighted by atomic mass is 35.5. The zero-order chi connectivity index (χ0) is 18.1. The van der Waals surface area contributed by atoms with Gasteiger partial charge in [0.2, 0.25) is 0 Å². The van der Waals surface area contributed by atoms with E-state index in [2.05, 4.69) is 0 Å². The van der Waals surface area contributed by atoms with Crippen LogP contribution in [0.1, 0.15) is 22.8 Å². The first-order valence-electron chi connectivity index (χ1n) is 6.43. The van der Waals surface area contributed by atoms with Gasteiger partial charge >= 0.3 is 16.3 Å². The van der Waals surface area contributed by atoms with Gasteiger partial charge in [0.25, 0.3) is 0 Å². The fourth-order valence-electron chi connectivity index (χ4n) is 1.93. The Morgan fingerprint density at radius 1 is 1.12 bits per heavy atom. The molecule has 0 spiro atoms. The Labute approximate surface area is 140 Å². The zero-order valence-corrected chi connectivity index (χ0v) is 13.7. The lowest BCUT2D eigenvalue weighted by Crippen LogP contribution is -2.18. The Hall–Kier alpha value is -2.06. The van der Waals surface area contributed by atoms with E-state index < -0.39 is 38.3 Å². The normalized spacial score (nSPS) is 12.0. The van der Waals surface area contributed by atoms with Crippen LogP contribution in [0.15, 0.2) is 47.4 Å². The van der Waals surface area contributed by atoms with Crippen molar-refractivity contribution in [2.75, 3.05) is 0 Å². The van der Waals surface area contributed by atoms with Crippen molar-refractivity contribution in [3.05, 3.63) is 58.6 Å². The quantitative estimate of drug-likeness (QED) is 0.587. The summed E-state index contributed by atoms with van der Waals surface area (Å²) in [6.45, 7) is 1.15. The average Bonchev–Trinajstić information content (AvgIpc) is 2.48. The van der Waals surface area contributed by atoms with E-state index in [1.165, 1.54) is 12.1 Å². The number of benzene rings is 2. The molecule has 0 aliphatic rings. The van der Waals surface area contributed by atoms with Crippen LogP contribution in [0.2, 0.25) is 5.02 Å². The molecule has 0 heterocycles. The van der Waals surface area contributed by atoms with Crippen LogP contribution in [-0.4, -0.2) is 14.2 Å². The van der Waals surface area contributed by atoms with E-state index in [-0.39, 0.29) is 10.6 Å². The predicted molar refractivity (Wildman–Crippen MR) is 80.7 cm³/mol. The molecule has 0 saturated carbocycles. The summed E-state index contributed by atoms with van der Waals surface area (Å²) in [5.74, 6) is -0.948. The number of halogens is 4. The van der Waals surface area contributed by atoms with Crippen molar-refractivity contribution in [1.29, 1.82) is 0 Å². The van der Waals surface area contributed by atoms with Gasteiger partial charge < -0.3 is 4.18 Å². The number of hydrogen-bond acceptors (Lipinski definition) is 4. The lowest BCUT2D eigenvalue weighted by atomic mass is 10.1. The first-order valence-corrected chi connectivity index (χ1v) is 8.22. The molecule has 0 atom stereocenters. The Balaban J connectivity index is 2.54. The molecule has 4 nitrogen and oxygen atoms in total. The van der Waals surface area contributed by atoms with E-state index in [4.69, 9.17) is 15.8 Å². The molecule has 2 aromatic carbocycles. The fraction of sp³-hybridized carbons (Fsp3) is 0.133. The highest BCUT2D eigenvalue weighted by Crippen LogP contribution is 2.35. The van der Waals surface area contributed by atoms with E-state index in [0.717, 1.165) is 31.2 Å². The lowest BCUT2D eigenvalue weighted by molar-refractivity contribution is -0.139. The van der Waals surface area contributed by atoms with Gasteiger partial charge in [0.05, 0.1) is 11.1 Å². The second-order valence-corrected chi connectivity index (χ2v) is 6.68. The third kappa shape index (κ3) is 3.88. The number of carbonyl (C=O) groups excluding carboxylic acids is 1. The molecule has 2 aromatic rings. The molecule has 0 aliphatic heterocycles.